The largest absolute Gasteiger partial charge is 0.367 e. The first-order valence-corrected chi connectivity index (χ1v) is 4.24. The average Bonchev–Trinajstić information content (AvgIpc) is 2.18. The fourth-order valence-corrected chi connectivity index (χ4v) is 1.16. The third kappa shape index (κ3) is 3.14. The lowest BCUT2D eigenvalue weighted by Crippen LogP contribution is -2.37. The molecule has 2 unspecified atom stereocenters. The van der Waals surface area contributed by atoms with E-state index in [0.29, 0.717) is 6.42 Å². The zero-order valence-corrected chi connectivity index (χ0v) is 7.68. The van der Waals surface area contributed by atoms with Crippen molar-refractivity contribution in [2.24, 2.45) is 5.73 Å². The van der Waals surface area contributed by atoms with Crippen molar-refractivity contribution in [3.05, 3.63) is 35.9 Å². The molecule has 0 fully saturated rings. The van der Waals surface area contributed by atoms with Crippen LogP contribution in [-0.4, -0.2) is 24.5 Å². The molecule has 1 aromatic rings. The third-order valence-electron chi connectivity index (χ3n) is 1.92. The summed E-state index contributed by atoms with van der Waals surface area (Å²) in [6.45, 7) is 0. The molecule has 3 N–H and O–H groups in total. The number of aliphatic hydroxyl groups excluding tert-OH is 1. The predicted molar refractivity (Wildman–Crippen MR) is 51.1 cm³/mol. The summed E-state index contributed by atoms with van der Waals surface area (Å²) in [5.74, 6) is 0. The monoisotopic (exact) mass is 181 g/mol. The van der Waals surface area contributed by atoms with Crippen LogP contribution >= 0.6 is 0 Å². The van der Waals surface area contributed by atoms with Crippen LogP contribution in [0.15, 0.2) is 30.3 Å². The molecule has 13 heavy (non-hydrogen) atoms. The number of hydrogen-bond acceptors (Lipinski definition) is 3. The first-order valence-electron chi connectivity index (χ1n) is 4.24. The molecule has 72 valence electrons. The lowest BCUT2D eigenvalue weighted by atomic mass is 10.1. The van der Waals surface area contributed by atoms with Gasteiger partial charge in [-0.2, -0.15) is 0 Å². The Morgan fingerprint density at radius 1 is 1.38 bits per heavy atom. The molecule has 0 radical (unpaired) electrons. The van der Waals surface area contributed by atoms with Crippen molar-refractivity contribution >= 4 is 0 Å². The predicted octanol–water partition coefficient (Wildman–Crippen LogP) is 0.521. The van der Waals surface area contributed by atoms with Gasteiger partial charge in [0.2, 0.25) is 0 Å². The molecule has 0 aliphatic carbocycles. The van der Waals surface area contributed by atoms with E-state index in [1.54, 1.807) is 0 Å². The molecule has 0 heterocycles. The summed E-state index contributed by atoms with van der Waals surface area (Å²) in [6.07, 6.45) is -0.268. The number of nitrogens with two attached hydrogens (primary N) is 1. The maximum atomic E-state index is 9.24. The van der Waals surface area contributed by atoms with Gasteiger partial charge in [-0.15, -0.1) is 0 Å². The highest BCUT2D eigenvalue weighted by Gasteiger charge is 2.13. The molecular weight excluding hydrogens is 166 g/mol. The minimum atomic E-state index is -0.889. The fraction of sp³-hybridized carbons (Fsp3) is 0.400. The van der Waals surface area contributed by atoms with E-state index in [1.807, 2.05) is 30.3 Å². The summed E-state index contributed by atoms with van der Waals surface area (Å²) in [7, 11) is 1.44. The summed E-state index contributed by atoms with van der Waals surface area (Å²) in [6, 6.07) is 9.42. The van der Waals surface area contributed by atoms with Gasteiger partial charge in [-0.1, -0.05) is 30.3 Å². The lowest BCUT2D eigenvalue weighted by molar-refractivity contribution is -0.0890. The molecular formula is C10H15NO2. The molecule has 0 aliphatic rings. The van der Waals surface area contributed by atoms with E-state index in [4.69, 9.17) is 10.5 Å². The second kappa shape index (κ2) is 4.97. The van der Waals surface area contributed by atoms with E-state index in [0.717, 1.165) is 5.56 Å². The van der Waals surface area contributed by atoms with Gasteiger partial charge in [0.15, 0.2) is 6.29 Å². The smallest absolute Gasteiger partial charge is 0.169 e. The summed E-state index contributed by atoms with van der Waals surface area (Å²) in [5.41, 5.74) is 6.79. The maximum absolute atomic E-state index is 9.24. The van der Waals surface area contributed by atoms with E-state index in [2.05, 4.69) is 0 Å². The van der Waals surface area contributed by atoms with Crippen molar-refractivity contribution < 1.29 is 9.84 Å². The van der Waals surface area contributed by atoms with Crippen LogP contribution in [0.2, 0.25) is 0 Å². The topological polar surface area (TPSA) is 55.5 Å². The van der Waals surface area contributed by atoms with Gasteiger partial charge >= 0.3 is 0 Å². The van der Waals surface area contributed by atoms with Gasteiger partial charge in [-0.3, -0.25) is 0 Å². The summed E-state index contributed by atoms with van der Waals surface area (Å²) in [5, 5.41) is 9.24. The van der Waals surface area contributed by atoms with Gasteiger partial charge in [0.05, 0.1) is 6.04 Å². The second-order valence-electron chi connectivity index (χ2n) is 2.98. The van der Waals surface area contributed by atoms with Gasteiger partial charge in [0.25, 0.3) is 0 Å². The van der Waals surface area contributed by atoms with Crippen molar-refractivity contribution in [2.75, 3.05) is 7.11 Å². The highest BCUT2D eigenvalue weighted by Crippen LogP contribution is 2.04. The molecule has 3 nitrogen and oxygen atoms in total. The Morgan fingerprint density at radius 2 is 2.00 bits per heavy atom. The van der Waals surface area contributed by atoms with E-state index in [-0.39, 0.29) is 6.04 Å². The van der Waals surface area contributed by atoms with Crippen LogP contribution in [0, 0.1) is 0 Å². The molecule has 0 aliphatic heterocycles. The zero-order chi connectivity index (χ0) is 9.68. The third-order valence-corrected chi connectivity index (χ3v) is 1.92. The molecule has 1 rings (SSSR count). The number of aliphatic hydroxyl groups is 1. The Balaban J connectivity index is 2.50. The van der Waals surface area contributed by atoms with Gasteiger partial charge in [0.1, 0.15) is 0 Å². The highest BCUT2D eigenvalue weighted by molar-refractivity contribution is 5.15. The van der Waals surface area contributed by atoms with Crippen LogP contribution < -0.4 is 5.73 Å². The van der Waals surface area contributed by atoms with Crippen molar-refractivity contribution in [1.29, 1.82) is 0 Å². The molecule has 0 spiro atoms. The van der Waals surface area contributed by atoms with Gasteiger partial charge < -0.3 is 15.6 Å². The number of benzene rings is 1. The van der Waals surface area contributed by atoms with Gasteiger partial charge in [-0.25, -0.2) is 0 Å². The number of hydrogen-bond donors (Lipinski definition) is 2. The fourth-order valence-electron chi connectivity index (χ4n) is 1.16. The van der Waals surface area contributed by atoms with Crippen molar-refractivity contribution in [1.82, 2.24) is 0 Å². The highest BCUT2D eigenvalue weighted by atomic mass is 16.6. The minimum absolute atomic E-state index is 0.368. The molecule has 0 saturated heterocycles. The number of rotatable bonds is 4. The van der Waals surface area contributed by atoms with Gasteiger partial charge in [0, 0.05) is 7.11 Å². The Bertz CT molecular complexity index is 238. The quantitative estimate of drug-likeness (QED) is 0.666. The standard InChI is InChI=1S/C10H15NO2/c1-13-10(12)9(11)7-8-5-3-2-4-6-8/h2-6,9-10,12H,7,11H2,1H3. The SMILES string of the molecule is COC(O)C(N)Cc1ccccc1. The van der Waals surface area contributed by atoms with Crippen molar-refractivity contribution in [3.63, 3.8) is 0 Å². The van der Waals surface area contributed by atoms with Crippen molar-refractivity contribution in [2.45, 2.75) is 18.8 Å². The summed E-state index contributed by atoms with van der Waals surface area (Å²) < 4.78 is 4.71. The van der Waals surface area contributed by atoms with Crippen LogP contribution in [0.4, 0.5) is 0 Å². The number of ether oxygens (including phenoxy) is 1. The van der Waals surface area contributed by atoms with Crippen LogP contribution in [0.5, 0.6) is 0 Å². The van der Waals surface area contributed by atoms with Crippen LogP contribution in [0.25, 0.3) is 0 Å². The zero-order valence-electron chi connectivity index (χ0n) is 7.68. The molecule has 0 amide bonds. The summed E-state index contributed by atoms with van der Waals surface area (Å²) in [4.78, 5) is 0. The van der Waals surface area contributed by atoms with Crippen molar-refractivity contribution in [3.8, 4) is 0 Å². The molecule has 0 saturated carbocycles. The van der Waals surface area contributed by atoms with E-state index >= 15 is 0 Å². The molecule has 0 aromatic heterocycles. The van der Waals surface area contributed by atoms with Crippen LogP contribution in [-0.2, 0) is 11.2 Å². The summed E-state index contributed by atoms with van der Waals surface area (Å²) >= 11 is 0. The minimum Gasteiger partial charge on any atom is -0.367 e. The normalized spacial score (nSPS) is 15.3. The first kappa shape index (κ1) is 10.2. The Morgan fingerprint density at radius 3 is 2.54 bits per heavy atom. The molecule has 2 atom stereocenters. The first-order chi connectivity index (χ1) is 6.24. The average molecular weight is 181 g/mol. The lowest BCUT2D eigenvalue weighted by Gasteiger charge is -2.16. The van der Waals surface area contributed by atoms with Crippen LogP contribution in [0.1, 0.15) is 5.56 Å². The molecule has 0 bridgehead atoms. The Kier molecular flexibility index (Phi) is 3.89. The maximum Gasteiger partial charge on any atom is 0.169 e. The molecule has 3 heteroatoms. The second-order valence-corrected chi connectivity index (χ2v) is 2.98. The number of methoxy groups -OCH3 is 1. The van der Waals surface area contributed by atoms with Gasteiger partial charge in [-0.05, 0) is 12.0 Å². The Labute approximate surface area is 78.1 Å². The van der Waals surface area contributed by atoms with E-state index in [9.17, 15) is 5.11 Å². The van der Waals surface area contributed by atoms with E-state index < -0.39 is 6.29 Å². The van der Waals surface area contributed by atoms with E-state index in [1.165, 1.54) is 7.11 Å². The Hall–Kier alpha value is -0.900. The molecule has 1 aromatic carbocycles. The van der Waals surface area contributed by atoms with Crippen LogP contribution in [0.3, 0.4) is 0 Å².